The first kappa shape index (κ1) is 13.3. The molecule has 0 radical (unpaired) electrons. The predicted octanol–water partition coefficient (Wildman–Crippen LogP) is 1.77. The Bertz CT molecular complexity index is 807. The van der Waals surface area contributed by atoms with Crippen molar-refractivity contribution in [3.63, 3.8) is 0 Å². The molecule has 21 heavy (non-hydrogen) atoms. The highest BCUT2D eigenvalue weighted by atomic mass is 32.2. The minimum Gasteiger partial charge on any atom is -0.390 e. The van der Waals surface area contributed by atoms with Gasteiger partial charge in [0.2, 0.25) is 0 Å². The van der Waals surface area contributed by atoms with Crippen molar-refractivity contribution in [2.24, 2.45) is 0 Å². The van der Waals surface area contributed by atoms with Gasteiger partial charge in [0.1, 0.15) is 0 Å². The van der Waals surface area contributed by atoms with Crippen molar-refractivity contribution in [2.75, 3.05) is 17.2 Å². The van der Waals surface area contributed by atoms with Crippen LogP contribution in [0.1, 0.15) is 35.0 Å². The molecule has 2 N–H and O–H groups in total. The zero-order chi connectivity index (χ0) is 14.6. The van der Waals surface area contributed by atoms with E-state index < -0.39 is 9.84 Å². The van der Waals surface area contributed by atoms with Crippen LogP contribution in [0.5, 0.6) is 0 Å². The van der Waals surface area contributed by atoms with E-state index in [1.165, 1.54) is 10.4 Å². The third kappa shape index (κ3) is 2.17. The van der Waals surface area contributed by atoms with Gasteiger partial charge >= 0.3 is 0 Å². The number of anilines is 1. The minimum atomic E-state index is -2.95. The fourth-order valence-corrected chi connectivity index (χ4v) is 6.05. The highest BCUT2D eigenvalue weighted by Crippen LogP contribution is 2.43. The third-order valence-electron chi connectivity index (χ3n) is 4.20. The molecule has 0 spiro atoms. The molecule has 4 rings (SSSR count). The van der Waals surface area contributed by atoms with Crippen LogP contribution in [-0.4, -0.2) is 30.1 Å². The summed E-state index contributed by atoms with van der Waals surface area (Å²) < 4.78 is 28.5. The summed E-state index contributed by atoms with van der Waals surface area (Å²) in [4.78, 5) is 5.73. The van der Waals surface area contributed by atoms with E-state index in [-0.39, 0.29) is 17.4 Å². The SMILES string of the molecule is Nc1sc2c(c1-c1nc(C3CCS(=O)(=O)C3)no1)CCC2. The topological polar surface area (TPSA) is 99.1 Å². The van der Waals surface area contributed by atoms with Crippen molar-refractivity contribution >= 4 is 26.2 Å². The van der Waals surface area contributed by atoms with Gasteiger partial charge in [-0.2, -0.15) is 4.98 Å². The highest BCUT2D eigenvalue weighted by molar-refractivity contribution is 7.91. The van der Waals surface area contributed by atoms with Gasteiger partial charge in [-0.3, -0.25) is 0 Å². The Hall–Kier alpha value is -1.41. The first-order chi connectivity index (χ1) is 10.0. The number of nitrogen functional groups attached to an aromatic ring is 1. The molecular weight excluding hydrogens is 310 g/mol. The first-order valence-corrected chi connectivity index (χ1v) is 9.62. The lowest BCUT2D eigenvalue weighted by atomic mass is 10.1. The van der Waals surface area contributed by atoms with E-state index in [4.69, 9.17) is 10.3 Å². The number of aromatic nitrogens is 2. The van der Waals surface area contributed by atoms with Crippen molar-refractivity contribution in [3.05, 3.63) is 16.3 Å². The summed E-state index contributed by atoms with van der Waals surface area (Å²) in [7, 11) is -2.95. The largest absolute Gasteiger partial charge is 0.390 e. The molecule has 2 aliphatic rings. The third-order valence-corrected chi connectivity index (χ3v) is 7.09. The summed E-state index contributed by atoms with van der Waals surface area (Å²) in [6.45, 7) is 0. The Morgan fingerprint density at radius 1 is 1.33 bits per heavy atom. The Balaban J connectivity index is 1.69. The second kappa shape index (κ2) is 4.54. The van der Waals surface area contributed by atoms with Crippen LogP contribution in [0.2, 0.25) is 0 Å². The zero-order valence-corrected chi connectivity index (χ0v) is 13.0. The molecule has 112 valence electrons. The molecule has 3 heterocycles. The van der Waals surface area contributed by atoms with E-state index in [0.29, 0.717) is 23.1 Å². The van der Waals surface area contributed by atoms with E-state index in [1.807, 2.05) is 0 Å². The number of nitrogens with two attached hydrogens (primary N) is 1. The van der Waals surface area contributed by atoms with Gasteiger partial charge in [-0.15, -0.1) is 11.3 Å². The van der Waals surface area contributed by atoms with Gasteiger partial charge in [-0.25, -0.2) is 8.42 Å². The molecule has 8 heteroatoms. The molecule has 2 aromatic heterocycles. The second-order valence-corrected chi connectivity index (χ2v) is 9.02. The van der Waals surface area contributed by atoms with E-state index in [9.17, 15) is 8.42 Å². The second-order valence-electron chi connectivity index (χ2n) is 5.65. The van der Waals surface area contributed by atoms with Crippen molar-refractivity contribution in [1.82, 2.24) is 10.1 Å². The number of hydrogen-bond acceptors (Lipinski definition) is 7. The monoisotopic (exact) mass is 325 g/mol. The maximum Gasteiger partial charge on any atom is 0.261 e. The lowest BCUT2D eigenvalue weighted by molar-refractivity contribution is 0.418. The standard InChI is InChI=1S/C13H15N3O3S2/c14-11-10(8-2-1-3-9(8)20-11)13-15-12(16-19-13)7-4-5-21(17,18)6-7/h7H,1-6,14H2. The molecule has 1 saturated heterocycles. The van der Waals surface area contributed by atoms with Crippen LogP contribution in [0.3, 0.4) is 0 Å². The lowest BCUT2D eigenvalue weighted by Gasteiger charge is -1.99. The fraction of sp³-hybridized carbons (Fsp3) is 0.538. The molecule has 1 aliphatic heterocycles. The molecule has 1 atom stereocenters. The number of hydrogen-bond donors (Lipinski definition) is 1. The molecule has 1 unspecified atom stereocenters. The summed E-state index contributed by atoms with van der Waals surface area (Å²) in [6.07, 6.45) is 3.76. The van der Waals surface area contributed by atoms with E-state index >= 15 is 0 Å². The highest BCUT2D eigenvalue weighted by Gasteiger charge is 2.33. The molecule has 2 aromatic rings. The van der Waals surface area contributed by atoms with Crippen LogP contribution in [0.15, 0.2) is 4.52 Å². The Morgan fingerprint density at radius 3 is 2.95 bits per heavy atom. The maximum absolute atomic E-state index is 11.6. The van der Waals surface area contributed by atoms with Gasteiger partial charge in [-0.1, -0.05) is 5.16 Å². The van der Waals surface area contributed by atoms with Crippen molar-refractivity contribution in [3.8, 4) is 11.5 Å². The summed E-state index contributed by atoms with van der Waals surface area (Å²) in [5.41, 5.74) is 8.18. The van der Waals surface area contributed by atoms with Crippen LogP contribution >= 0.6 is 11.3 Å². The Kier molecular flexibility index (Phi) is 2.87. The number of rotatable bonds is 2. The molecule has 1 aliphatic carbocycles. The molecular formula is C13H15N3O3S2. The number of nitrogens with zero attached hydrogens (tertiary/aromatic N) is 2. The molecule has 0 amide bonds. The fourth-order valence-electron chi connectivity index (χ4n) is 3.16. The summed E-state index contributed by atoms with van der Waals surface area (Å²) >= 11 is 1.59. The molecule has 0 aromatic carbocycles. The number of sulfone groups is 1. The Morgan fingerprint density at radius 2 is 2.19 bits per heavy atom. The van der Waals surface area contributed by atoms with Gasteiger partial charge in [0.25, 0.3) is 5.89 Å². The van der Waals surface area contributed by atoms with Crippen molar-refractivity contribution in [1.29, 1.82) is 0 Å². The smallest absolute Gasteiger partial charge is 0.261 e. The van der Waals surface area contributed by atoms with Crippen LogP contribution in [-0.2, 0) is 22.7 Å². The van der Waals surface area contributed by atoms with Crippen LogP contribution in [0, 0.1) is 0 Å². The normalized spacial score (nSPS) is 23.5. The lowest BCUT2D eigenvalue weighted by Crippen LogP contribution is -2.05. The maximum atomic E-state index is 11.6. The average Bonchev–Trinajstić information content (AvgIpc) is 3.12. The molecule has 6 nitrogen and oxygen atoms in total. The summed E-state index contributed by atoms with van der Waals surface area (Å²) in [5.74, 6) is 1.09. The van der Waals surface area contributed by atoms with E-state index in [0.717, 1.165) is 24.8 Å². The van der Waals surface area contributed by atoms with E-state index in [1.54, 1.807) is 11.3 Å². The van der Waals surface area contributed by atoms with E-state index in [2.05, 4.69) is 10.1 Å². The van der Waals surface area contributed by atoms with Crippen LogP contribution in [0.4, 0.5) is 5.00 Å². The molecule has 0 saturated carbocycles. The van der Waals surface area contributed by atoms with Gasteiger partial charge in [-0.05, 0) is 31.2 Å². The van der Waals surface area contributed by atoms with Crippen LogP contribution < -0.4 is 5.73 Å². The summed E-state index contributed by atoms with van der Waals surface area (Å²) in [6, 6.07) is 0. The Labute approximate surface area is 126 Å². The quantitative estimate of drug-likeness (QED) is 0.903. The van der Waals surface area contributed by atoms with Gasteiger partial charge in [0.15, 0.2) is 15.7 Å². The average molecular weight is 325 g/mol. The van der Waals surface area contributed by atoms with Gasteiger partial charge in [0, 0.05) is 10.8 Å². The zero-order valence-electron chi connectivity index (χ0n) is 11.3. The number of aryl methyl sites for hydroxylation is 1. The number of thiophene rings is 1. The minimum absolute atomic E-state index is 0.114. The first-order valence-electron chi connectivity index (χ1n) is 6.98. The predicted molar refractivity (Wildman–Crippen MR) is 80.1 cm³/mol. The van der Waals surface area contributed by atoms with Gasteiger partial charge < -0.3 is 10.3 Å². The molecule has 1 fully saturated rings. The van der Waals surface area contributed by atoms with Crippen molar-refractivity contribution < 1.29 is 12.9 Å². The van der Waals surface area contributed by atoms with Gasteiger partial charge in [0.05, 0.1) is 22.1 Å². The number of fused-ring (bicyclic) bond motifs is 1. The summed E-state index contributed by atoms with van der Waals surface area (Å²) in [5, 5.41) is 4.70. The van der Waals surface area contributed by atoms with Crippen molar-refractivity contribution in [2.45, 2.75) is 31.6 Å². The van der Waals surface area contributed by atoms with Crippen LogP contribution in [0.25, 0.3) is 11.5 Å². The molecule has 0 bridgehead atoms.